The summed E-state index contributed by atoms with van der Waals surface area (Å²) in [7, 11) is 0. The molecular formula is C19H26N6O2. The zero-order chi connectivity index (χ0) is 19.1. The van der Waals surface area contributed by atoms with Gasteiger partial charge < -0.3 is 10.2 Å². The lowest BCUT2D eigenvalue weighted by Gasteiger charge is -2.34. The van der Waals surface area contributed by atoms with Crippen LogP contribution in [0.5, 0.6) is 0 Å². The van der Waals surface area contributed by atoms with E-state index in [4.69, 9.17) is 0 Å². The minimum atomic E-state index is -0.464. The second-order valence-corrected chi connectivity index (χ2v) is 6.91. The molecule has 8 heteroatoms. The first-order valence-electron chi connectivity index (χ1n) is 9.52. The zero-order valence-corrected chi connectivity index (χ0v) is 15.6. The van der Waals surface area contributed by atoms with Crippen molar-refractivity contribution in [1.82, 2.24) is 30.4 Å². The highest BCUT2D eigenvalue weighted by atomic mass is 16.2. The fraction of sp³-hybridized carbons (Fsp3) is 0.526. The summed E-state index contributed by atoms with van der Waals surface area (Å²) in [5, 5.41) is 14.4. The van der Waals surface area contributed by atoms with E-state index in [2.05, 4.69) is 20.8 Å². The second-order valence-electron chi connectivity index (χ2n) is 6.91. The number of carbonyl (C=O) groups excluding carboxylic acids is 2. The molecule has 1 aliphatic heterocycles. The van der Waals surface area contributed by atoms with Gasteiger partial charge in [-0.3, -0.25) is 9.59 Å². The Kier molecular flexibility index (Phi) is 6.51. The van der Waals surface area contributed by atoms with Crippen LogP contribution in [-0.4, -0.2) is 56.1 Å². The molecule has 8 nitrogen and oxygen atoms in total. The van der Waals surface area contributed by atoms with Gasteiger partial charge in [0.2, 0.25) is 11.8 Å². The summed E-state index contributed by atoms with van der Waals surface area (Å²) in [5.74, 6) is 0.113. The van der Waals surface area contributed by atoms with Crippen LogP contribution in [0.2, 0.25) is 0 Å². The minimum Gasteiger partial charge on any atom is -0.353 e. The van der Waals surface area contributed by atoms with Gasteiger partial charge >= 0.3 is 0 Å². The number of tetrazole rings is 1. The van der Waals surface area contributed by atoms with Crippen LogP contribution in [0.3, 0.4) is 0 Å². The predicted molar refractivity (Wildman–Crippen MR) is 99.7 cm³/mol. The molecule has 1 N–H and O–H groups in total. The molecule has 0 radical (unpaired) electrons. The van der Waals surface area contributed by atoms with Crippen molar-refractivity contribution in [2.45, 2.75) is 51.1 Å². The first kappa shape index (κ1) is 19.0. The van der Waals surface area contributed by atoms with Crippen LogP contribution in [0.25, 0.3) is 0 Å². The van der Waals surface area contributed by atoms with Crippen LogP contribution in [-0.2, 0) is 16.0 Å². The van der Waals surface area contributed by atoms with E-state index >= 15 is 0 Å². The Bertz CT molecular complexity index is 726. The molecule has 0 unspecified atom stereocenters. The number of benzene rings is 1. The van der Waals surface area contributed by atoms with Crippen LogP contribution >= 0.6 is 0 Å². The fourth-order valence-corrected chi connectivity index (χ4v) is 3.42. The molecule has 0 aliphatic carbocycles. The number of rotatable bonds is 7. The van der Waals surface area contributed by atoms with Crippen molar-refractivity contribution in [3.05, 3.63) is 42.2 Å². The molecule has 1 aliphatic rings. The zero-order valence-electron chi connectivity index (χ0n) is 15.6. The van der Waals surface area contributed by atoms with Crippen molar-refractivity contribution in [3.63, 3.8) is 0 Å². The van der Waals surface area contributed by atoms with Gasteiger partial charge in [-0.05, 0) is 35.3 Å². The van der Waals surface area contributed by atoms with Crippen LogP contribution < -0.4 is 5.32 Å². The largest absolute Gasteiger partial charge is 0.353 e. The summed E-state index contributed by atoms with van der Waals surface area (Å²) in [6, 6.07) is 9.55. The van der Waals surface area contributed by atoms with Gasteiger partial charge in [-0.15, -0.1) is 5.10 Å². The van der Waals surface area contributed by atoms with Crippen molar-refractivity contribution in [3.8, 4) is 0 Å². The van der Waals surface area contributed by atoms with Gasteiger partial charge in [0.05, 0.1) is 0 Å². The van der Waals surface area contributed by atoms with E-state index in [1.54, 1.807) is 0 Å². The number of likely N-dealkylation sites (tertiary alicyclic amines) is 1. The average molecular weight is 370 g/mol. The van der Waals surface area contributed by atoms with Gasteiger partial charge in [0.15, 0.2) is 0 Å². The minimum absolute atomic E-state index is 0.0180. The van der Waals surface area contributed by atoms with Crippen LogP contribution in [0.1, 0.15) is 44.2 Å². The highest BCUT2D eigenvalue weighted by Crippen LogP contribution is 2.19. The SMILES string of the molecule is CCCC(=O)NC1CCN(C(=O)[C@@H](Cc2ccccc2)n2cnnn2)CC1. The molecule has 1 atom stereocenters. The number of piperidine rings is 1. The molecule has 144 valence electrons. The summed E-state index contributed by atoms with van der Waals surface area (Å²) in [4.78, 5) is 26.8. The van der Waals surface area contributed by atoms with Gasteiger partial charge in [-0.25, -0.2) is 4.68 Å². The Hall–Kier alpha value is -2.77. The summed E-state index contributed by atoms with van der Waals surface area (Å²) >= 11 is 0. The molecule has 2 amide bonds. The second kappa shape index (κ2) is 9.25. The highest BCUT2D eigenvalue weighted by molar-refractivity contribution is 5.81. The molecule has 2 aromatic rings. The van der Waals surface area contributed by atoms with E-state index in [9.17, 15) is 9.59 Å². The molecule has 27 heavy (non-hydrogen) atoms. The quantitative estimate of drug-likeness (QED) is 0.794. The Balaban J connectivity index is 1.62. The average Bonchev–Trinajstić information content (AvgIpc) is 3.22. The van der Waals surface area contributed by atoms with Crippen molar-refractivity contribution in [1.29, 1.82) is 0 Å². The number of hydrogen-bond acceptors (Lipinski definition) is 5. The normalized spacial score (nSPS) is 16.1. The van der Waals surface area contributed by atoms with Crippen LogP contribution in [0.15, 0.2) is 36.7 Å². The summed E-state index contributed by atoms with van der Waals surface area (Å²) in [6.45, 7) is 3.25. The molecule has 0 bridgehead atoms. The molecule has 1 fully saturated rings. The van der Waals surface area contributed by atoms with Crippen molar-refractivity contribution in [2.24, 2.45) is 0 Å². The van der Waals surface area contributed by atoms with E-state index < -0.39 is 6.04 Å². The van der Waals surface area contributed by atoms with E-state index in [1.165, 1.54) is 11.0 Å². The molecule has 1 aromatic heterocycles. The molecule has 3 rings (SSSR count). The monoisotopic (exact) mass is 370 g/mol. The van der Waals surface area contributed by atoms with E-state index in [1.807, 2.05) is 42.2 Å². The Morgan fingerprint density at radius 3 is 2.59 bits per heavy atom. The maximum atomic E-state index is 13.2. The van der Waals surface area contributed by atoms with Gasteiger partial charge in [0, 0.05) is 32.0 Å². The van der Waals surface area contributed by atoms with Gasteiger partial charge in [0.1, 0.15) is 12.4 Å². The molecule has 0 spiro atoms. The molecule has 1 saturated heterocycles. The topological polar surface area (TPSA) is 93.0 Å². The van der Waals surface area contributed by atoms with Crippen LogP contribution in [0, 0.1) is 0 Å². The number of carbonyl (C=O) groups is 2. The third-order valence-electron chi connectivity index (χ3n) is 4.89. The van der Waals surface area contributed by atoms with Gasteiger partial charge in [-0.2, -0.15) is 0 Å². The van der Waals surface area contributed by atoms with Crippen molar-refractivity contribution < 1.29 is 9.59 Å². The standard InChI is InChI=1S/C19H26N6O2/c1-2-6-18(26)21-16-9-11-24(12-10-16)19(27)17(25-14-20-22-23-25)13-15-7-4-3-5-8-15/h3-5,7-8,14,16-17H,2,6,9-13H2,1H3,(H,21,26)/t17-/m1/s1. The fourth-order valence-electron chi connectivity index (χ4n) is 3.42. The maximum Gasteiger partial charge on any atom is 0.247 e. The van der Waals surface area contributed by atoms with E-state index in [-0.39, 0.29) is 17.9 Å². The predicted octanol–water partition coefficient (Wildman–Crippen LogP) is 1.36. The Morgan fingerprint density at radius 2 is 1.96 bits per heavy atom. The van der Waals surface area contributed by atoms with Crippen molar-refractivity contribution >= 4 is 11.8 Å². The highest BCUT2D eigenvalue weighted by Gasteiger charge is 2.30. The van der Waals surface area contributed by atoms with Crippen LogP contribution in [0.4, 0.5) is 0 Å². The molecule has 2 heterocycles. The molecule has 0 saturated carbocycles. The van der Waals surface area contributed by atoms with Crippen molar-refractivity contribution in [2.75, 3.05) is 13.1 Å². The number of hydrogen-bond donors (Lipinski definition) is 1. The van der Waals surface area contributed by atoms with Gasteiger partial charge in [-0.1, -0.05) is 37.3 Å². The lowest BCUT2D eigenvalue weighted by molar-refractivity contribution is -0.136. The first-order chi connectivity index (χ1) is 13.2. The smallest absolute Gasteiger partial charge is 0.247 e. The summed E-state index contributed by atoms with van der Waals surface area (Å²) < 4.78 is 1.53. The van der Waals surface area contributed by atoms with Gasteiger partial charge in [0.25, 0.3) is 0 Å². The van der Waals surface area contributed by atoms with E-state index in [0.29, 0.717) is 25.9 Å². The third-order valence-corrected chi connectivity index (χ3v) is 4.89. The molecule has 1 aromatic carbocycles. The molecular weight excluding hydrogens is 344 g/mol. The number of nitrogens with one attached hydrogen (secondary N) is 1. The summed E-state index contributed by atoms with van der Waals surface area (Å²) in [5.41, 5.74) is 1.06. The maximum absolute atomic E-state index is 13.2. The lowest BCUT2D eigenvalue weighted by atomic mass is 10.0. The van der Waals surface area contributed by atoms with E-state index in [0.717, 1.165) is 24.8 Å². The summed E-state index contributed by atoms with van der Waals surface area (Å²) in [6.07, 6.45) is 4.97. The Morgan fingerprint density at radius 1 is 1.22 bits per heavy atom. The number of aromatic nitrogens is 4. The Labute approximate surface area is 158 Å². The third kappa shape index (κ3) is 5.12. The number of amides is 2. The first-order valence-corrected chi connectivity index (χ1v) is 9.52. The number of nitrogens with zero attached hydrogens (tertiary/aromatic N) is 5. The lowest BCUT2D eigenvalue weighted by Crippen LogP contribution is -2.48.